The molecule has 1 aliphatic heterocycles. The number of hydrogen-bond donors (Lipinski definition) is 0. The Morgan fingerprint density at radius 3 is 1.91 bits per heavy atom. The molecule has 1 fully saturated rings. The van der Waals surface area contributed by atoms with Gasteiger partial charge in [-0.05, 0) is 55.0 Å². The van der Waals surface area contributed by atoms with Gasteiger partial charge in [0.25, 0.3) is 11.8 Å². The molecular weight excluding hydrogens is 425 g/mol. The molecule has 1 saturated heterocycles. The second-order valence-corrected chi connectivity index (χ2v) is 7.36. The SMILES string of the molecule is CCCOc1ccc(OCC(=O)N2CCN(C(=O)c3ccc(C(F)(F)F)cc3)CC2)cc1. The highest BCUT2D eigenvalue weighted by atomic mass is 19.4. The summed E-state index contributed by atoms with van der Waals surface area (Å²) in [6, 6.07) is 11.2. The van der Waals surface area contributed by atoms with Crippen LogP contribution in [0, 0.1) is 0 Å². The van der Waals surface area contributed by atoms with Gasteiger partial charge in [0.1, 0.15) is 11.5 Å². The number of hydrogen-bond acceptors (Lipinski definition) is 4. The quantitative estimate of drug-likeness (QED) is 0.643. The van der Waals surface area contributed by atoms with Crippen molar-refractivity contribution in [2.45, 2.75) is 19.5 Å². The molecule has 0 saturated carbocycles. The van der Waals surface area contributed by atoms with E-state index in [2.05, 4.69) is 0 Å². The van der Waals surface area contributed by atoms with Gasteiger partial charge < -0.3 is 19.3 Å². The van der Waals surface area contributed by atoms with E-state index in [9.17, 15) is 22.8 Å². The molecule has 172 valence electrons. The lowest BCUT2D eigenvalue weighted by atomic mass is 10.1. The third kappa shape index (κ3) is 6.15. The van der Waals surface area contributed by atoms with E-state index in [1.54, 1.807) is 29.2 Å². The van der Waals surface area contributed by atoms with Gasteiger partial charge in [-0.1, -0.05) is 6.92 Å². The van der Waals surface area contributed by atoms with Crippen molar-refractivity contribution in [2.75, 3.05) is 39.4 Å². The van der Waals surface area contributed by atoms with Gasteiger partial charge in [-0.3, -0.25) is 9.59 Å². The first-order valence-electron chi connectivity index (χ1n) is 10.4. The summed E-state index contributed by atoms with van der Waals surface area (Å²) in [5.74, 6) is 0.739. The third-order valence-electron chi connectivity index (χ3n) is 5.04. The van der Waals surface area contributed by atoms with Gasteiger partial charge in [0.2, 0.25) is 0 Å². The van der Waals surface area contributed by atoms with E-state index in [-0.39, 0.29) is 24.0 Å². The highest BCUT2D eigenvalue weighted by molar-refractivity contribution is 5.94. The fourth-order valence-electron chi connectivity index (χ4n) is 3.23. The van der Waals surface area contributed by atoms with Crippen LogP contribution in [0.15, 0.2) is 48.5 Å². The molecule has 1 aliphatic rings. The van der Waals surface area contributed by atoms with Crippen LogP contribution in [0.25, 0.3) is 0 Å². The Labute approximate surface area is 184 Å². The van der Waals surface area contributed by atoms with Crippen molar-refractivity contribution in [2.24, 2.45) is 0 Å². The van der Waals surface area contributed by atoms with Crippen molar-refractivity contribution in [1.82, 2.24) is 9.80 Å². The topological polar surface area (TPSA) is 59.1 Å². The standard InChI is InChI=1S/C23H25F3N2O4/c1-2-15-31-19-7-9-20(10-8-19)32-16-21(29)27-11-13-28(14-12-27)22(30)17-3-5-18(6-4-17)23(24,25)26/h3-10H,2,11-16H2,1H3. The smallest absolute Gasteiger partial charge is 0.416 e. The lowest BCUT2D eigenvalue weighted by molar-refractivity contribution is -0.137. The van der Waals surface area contributed by atoms with Crippen molar-refractivity contribution in [3.8, 4) is 11.5 Å². The summed E-state index contributed by atoms with van der Waals surface area (Å²) in [4.78, 5) is 28.1. The zero-order valence-electron chi connectivity index (χ0n) is 17.7. The van der Waals surface area contributed by atoms with Gasteiger partial charge in [0.05, 0.1) is 12.2 Å². The maximum Gasteiger partial charge on any atom is 0.416 e. The number of amides is 2. The summed E-state index contributed by atoms with van der Waals surface area (Å²) in [6.07, 6.45) is -3.53. The number of carbonyl (C=O) groups is 2. The Morgan fingerprint density at radius 2 is 1.38 bits per heavy atom. The van der Waals surface area contributed by atoms with E-state index in [0.29, 0.717) is 38.5 Å². The second kappa shape index (κ2) is 10.4. The second-order valence-electron chi connectivity index (χ2n) is 7.36. The molecule has 0 radical (unpaired) electrons. The Balaban J connectivity index is 1.45. The Hall–Kier alpha value is -3.23. The lowest BCUT2D eigenvalue weighted by Gasteiger charge is -2.34. The molecule has 0 spiro atoms. The summed E-state index contributed by atoms with van der Waals surface area (Å²) in [5, 5.41) is 0. The number of ether oxygens (including phenoxy) is 2. The van der Waals surface area contributed by atoms with Crippen molar-refractivity contribution in [3.63, 3.8) is 0 Å². The number of rotatable bonds is 7. The van der Waals surface area contributed by atoms with Gasteiger partial charge in [0, 0.05) is 31.7 Å². The van der Waals surface area contributed by atoms with E-state index in [1.165, 1.54) is 17.0 Å². The first kappa shape index (κ1) is 23.4. The first-order valence-corrected chi connectivity index (χ1v) is 10.4. The van der Waals surface area contributed by atoms with Crippen molar-refractivity contribution in [3.05, 3.63) is 59.7 Å². The first-order chi connectivity index (χ1) is 15.3. The Kier molecular flexibility index (Phi) is 7.61. The van der Waals surface area contributed by atoms with Crippen LogP contribution in [-0.4, -0.2) is 61.0 Å². The molecule has 0 atom stereocenters. The summed E-state index contributed by atoms with van der Waals surface area (Å²) in [6.45, 7) is 3.79. The summed E-state index contributed by atoms with van der Waals surface area (Å²) in [5.41, 5.74) is -0.611. The molecule has 6 nitrogen and oxygen atoms in total. The molecule has 2 aromatic carbocycles. The van der Waals surface area contributed by atoms with Gasteiger partial charge in [0.15, 0.2) is 6.61 Å². The van der Waals surface area contributed by atoms with Gasteiger partial charge in [-0.25, -0.2) is 0 Å². The molecule has 0 bridgehead atoms. The van der Waals surface area contributed by atoms with Crippen molar-refractivity contribution < 1.29 is 32.2 Å². The molecule has 0 aliphatic carbocycles. The number of halogens is 3. The zero-order valence-corrected chi connectivity index (χ0v) is 17.7. The number of benzene rings is 2. The predicted octanol–water partition coefficient (Wildman–Crippen LogP) is 3.86. The minimum Gasteiger partial charge on any atom is -0.494 e. The number of carbonyl (C=O) groups excluding carboxylic acids is 2. The molecule has 0 N–H and O–H groups in total. The van der Waals surface area contributed by atoms with Crippen molar-refractivity contribution >= 4 is 11.8 Å². The van der Waals surface area contributed by atoms with Crippen LogP contribution in [0.2, 0.25) is 0 Å². The Morgan fingerprint density at radius 1 is 0.844 bits per heavy atom. The van der Waals surface area contributed by atoms with Gasteiger partial charge >= 0.3 is 6.18 Å². The molecule has 2 amide bonds. The molecule has 0 aromatic heterocycles. The minimum atomic E-state index is -4.44. The monoisotopic (exact) mass is 450 g/mol. The minimum absolute atomic E-state index is 0.123. The van der Waals surface area contributed by atoms with Gasteiger partial charge in [-0.2, -0.15) is 13.2 Å². The molecule has 0 unspecified atom stereocenters. The molecule has 3 rings (SSSR count). The lowest BCUT2D eigenvalue weighted by Crippen LogP contribution is -2.51. The van der Waals surface area contributed by atoms with Crippen LogP contribution in [0.5, 0.6) is 11.5 Å². The molecule has 2 aromatic rings. The van der Waals surface area contributed by atoms with E-state index < -0.39 is 11.7 Å². The van der Waals surface area contributed by atoms with Crippen LogP contribution in [-0.2, 0) is 11.0 Å². The fourth-order valence-corrected chi connectivity index (χ4v) is 3.23. The van der Waals surface area contributed by atoms with E-state index in [0.717, 1.165) is 24.3 Å². The zero-order chi connectivity index (χ0) is 23.1. The number of alkyl halides is 3. The van der Waals surface area contributed by atoms with Gasteiger partial charge in [-0.15, -0.1) is 0 Å². The summed E-state index contributed by atoms with van der Waals surface area (Å²) >= 11 is 0. The normalized spacial score (nSPS) is 14.2. The summed E-state index contributed by atoms with van der Waals surface area (Å²) < 4.78 is 49.1. The molecular formula is C23H25F3N2O4. The Bertz CT molecular complexity index is 906. The third-order valence-corrected chi connectivity index (χ3v) is 5.04. The average molecular weight is 450 g/mol. The molecule has 9 heteroatoms. The van der Waals surface area contributed by atoms with Crippen molar-refractivity contribution in [1.29, 1.82) is 0 Å². The fraction of sp³-hybridized carbons (Fsp3) is 0.391. The van der Waals surface area contributed by atoms with Crippen LogP contribution in [0.4, 0.5) is 13.2 Å². The van der Waals surface area contributed by atoms with Crippen LogP contribution >= 0.6 is 0 Å². The number of nitrogens with zero attached hydrogens (tertiary/aromatic N) is 2. The average Bonchev–Trinajstić information content (AvgIpc) is 2.81. The van der Waals surface area contributed by atoms with E-state index >= 15 is 0 Å². The maximum absolute atomic E-state index is 12.7. The number of piperazine rings is 1. The van der Waals surface area contributed by atoms with E-state index in [1.807, 2.05) is 6.92 Å². The molecule has 32 heavy (non-hydrogen) atoms. The maximum atomic E-state index is 12.7. The predicted molar refractivity (Wildman–Crippen MR) is 112 cm³/mol. The summed E-state index contributed by atoms with van der Waals surface area (Å²) in [7, 11) is 0. The molecule has 1 heterocycles. The van der Waals surface area contributed by atoms with Crippen LogP contribution < -0.4 is 9.47 Å². The van der Waals surface area contributed by atoms with Crippen LogP contribution in [0.1, 0.15) is 29.3 Å². The van der Waals surface area contributed by atoms with E-state index in [4.69, 9.17) is 9.47 Å². The highest BCUT2D eigenvalue weighted by Crippen LogP contribution is 2.29. The largest absolute Gasteiger partial charge is 0.494 e. The highest BCUT2D eigenvalue weighted by Gasteiger charge is 2.31. The van der Waals surface area contributed by atoms with Crippen LogP contribution in [0.3, 0.4) is 0 Å².